The van der Waals surface area contributed by atoms with Gasteiger partial charge in [-0.3, -0.25) is 9.98 Å². The second-order valence-electron chi connectivity index (χ2n) is 4.27. The van der Waals surface area contributed by atoms with Crippen LogP contribution in [0, 0.1) is 0 Å². The Bertz CT molecular complexity index is 232. The van der Waals surface area contributed by atoms with Crippen LogP contribution in [0.2, 0.25) is 0 Å². The minimum Gasteiger partial charge on any atom is -0.429 e. The lowest BCUT2D eigenvalue weighted by Gasteiger charge is -2.08. The maximum atomic E-state index is 5.79. The van der Waals surface area contributed by atoms with Gasteiger partial charge in [-0.05, 0) is 25.7 Å². The molecule has 3 nitrogen and oxygen atoms in total. The predicted octanol–water partition coefficient (Wildman–Crippen LogP) is 2.95. The second kappa shape index (κ2) is 5.89. The monoisotopic (exact) mass is 208 g/mol. The Balaban J connectivity index is 1.88. The van der Waals surface area contributed by atoms with Gasteiger partial charge in [0.15, 0.2) is 11.8 Å². The van der Waals surface area contributed by atoms with Gasteiger partial charge in [0.05, 0.1) is 0 Å². The molecule has 0 saturated heterocycles. The molecule has 3 heteroatoms. The van der Waals surface area contributed by atoms with Gasteiger partial charge in [-0.2, -0.15) is 0 Å². The van der Waals surface area contributed by atoms with E-state index < -0.39 is 0 Å². The lowest BCUT2D eigenvalue weighted by Crippen LogP contribution is -2.12. The van der Waals surface area contributed by atoms with E-state index in [9.17, 15) is 0 Å². The van der Waals surface area contributed by atoms with E-state index in [0.717, 1.165) is 37.7 Å². The van der Waals surface area contributed by atoms with Crippen molar-refractivity contribution in [1.82, 2.24) is 0 Å². The van der Waals surface area contributed by atoms with Gasteiger partial charge >= 0.3 is 0 Å². The van der Waals surface area contributed by atoms with Crippen LogP contribution in [-0.2, 0) is 4.74 Å². The van der Waals surface area contributed by atoms with E-state index in [1.165, 1.54) is 38.5 Å². The van der Waals surface area contributed by atoms with Gasteiger partial charge in [-0.1, -0.05) is 12.8 Å². The molecule has 2 aliphatic rings. The van der Waals surface area contributed by atoms with Crippen molar-refractivity contribution in [3.63, 3.8) is 0 Å². The van der Waals surface area contributed by atoms with Crippen molar-refractivity contribution in [3.05, 3.63) is 0 Å². The molecular formula is C12H20N2O. The fourth-order valence-corrected chi connectivity index (χ4v) is 2.00. The van der Waals surface area contributed by atoms with Crippen molar-refractivity contribution in [3.8, 4) is 0 Å². The summed E-state index contributed by atoms with van der Waals surface area (Å²) in [5.74, 6) is 1.85. The van der Waals surface area contributed by atoms with Crippen LogP contribution in [0.5, 0.6) is 0 Å². The normalized spacial score (nSPS) is 23.5. The molecule has 0 N–H and O–H groups in total. The summed E-state index contributed by atoms with van der Waals surface area (Å²) in [6.45, 7) is 1.87. The van der Waals surface area contributed by atoms with Gasteiger partial charge in [0, 0.05) is 25.9 Å². The second-order valence-corrected chi connectivity index (χ2v) is 4.27. The lowest BCUT2D eigenvalue weighted by atomic mass is 10.2. The third-order valence-electron chi connectivity index (χ3n) is 2.91. The highest BCUT2D eigenvalue weighted by Crippen LogP contribution is 2.12. The molecule has 2 heterocycles. The third-order valence-corrected chi connectivity index (χ3v) is 2.91. The molecule has 15 heavy (non-hydrogen) atoms. The first kappa shape index (κ1) is 10.7. The highest BCUT2D eigenvalue weighted by molar-refractivity contribution is 5.91. The van der Waals surface area contributed by atoms with Gasteiger partial charge in [0.1, 0.15) is 0 Å². The van der Waals surface area contributed by atoms with Crippen molar-refractivity contribution in [2.75, 3.05) is 13.1 Å². The minimum absolute atomic E-state index is 0.924. The molecule has 0 aromatic rings. The molecule has 2 rings (SSSR count). The van der Waals surface area contributed by atoms with E-state index in [1.54, 1.807) is 0 Å². The number of hydrogen-bond acceptors (Lipinski definition) is 3. The fourth-order valence-electron chi connectivity index (χ4n) is 2.00. The van der Waals surface area contributed by atoms with Gasteiger partial charge in [-0.25, -0.2) is 0 Å². The van der Waals surface area contributed by atoms with Gasteiger partial charge in [-0.15, -0.1) is 0 Å². The molecule has 0 radical (unpaired) electrons. The molecule has 0 fully saturated rings. The summed E-state index contributed by atoms with van der Waals surface area (Å²) in [7, 11) is 0. The molecule has 0 aromatic carbocycles. The molecule has 0 aliphatic carbocycles. The van der Waals surface area contributed by atoms with E-state index in [2.05, 4.69) is 9.98 Å². The fraction of sp³-hybridized carbons (Fsp3) is 0.833. The first-order valence-electron chi connectivity index (χ1n) is 6.20. The van der Waals surface area contributed by atoms with Crippen molar-refractivity contribution in [2.45, 2.75) is 51.4 Å². The highest BCUT2D eigenvalue weighted by Gasteiger charge is 2.10. The van der Waals surface area contributed by atoms with Crippen molar-refractivity contribution >= 4 is 11.8 Å². The quantitative estimate of drug-likeness (QED) is 0.602. The molecule has 0 saturated carbocycles. The number of nitrogens with zero attached hydrogens (tertiary/aromatic N) is 2. The van der Waals surface area contributed by atoms with E-state index in [0.29, 0.717) is 0 Å². The average Bonchev–Trinajstić information content (AvgIpc) is 2.63. The van der Waals surface area contributed by atoms with Crippen LogP contribution in [0.3, 0.4) is 0 Å². The summed E-state index contributed by atoms with van der Waals surface area (Å²) in [5.41, 5.74) is 0. The van der Waals surface area contributed by atoms with E-state index in [-0.39, 0.29) is 0 Å². The number of ether oxygens (including phenoxy) is 1. The summed E-state index contributed by atoms with van der Waals surface area (Å²) >= 11 is 0. The van der Waals surface area contributed by atoms with E-state index in [4.69, 9.17) is 4.74 Å². The molecular weight excluding hydrogens is 188 g/mol. The van der Waals surface area contributed by atoms with Crippen LogP contribution >= 0.6 is 0 Å². The van der Waals surface area contributed by atoms with Gasteiger partial charge in [0.2, 0.25) is 0 Å². The highest BCUT2D eigenvalue weighted by atomic mass is 16.5. The Kier molecular flexibility index (Phi) is 4.18. The zero-order valence-electron chi connectivity index (χ0n) is 9.37. The van der Waals surface area contributed by atoms with Gasteiger partial charge in [0.25, 0.3) is 0 Å². The van der Waals surface area contributed by atoms with Gasteiger partial charge < -0.3 is 4.74 Å². The van der Waals surface area contributed by atoms with E-state index >= 15 is 0 Å². The van der Waals surface area contributed by atoms with Crippen LogP contribution in [0.1, 0.15) is 51.4 Å². The standard InChI is InChI=1S/C12H20N2O/c1-3-7-11(13-9-5-1)15-12-8-4-2-6-10-14-12/h1-10H2. The Morgan fingerprint density at radius 1 is 0.667 bits per heavy atom. The minimum atomic E-state index is 0.924. The van der Waals surface area contributed by atoms with Crippen LogP contribution in [0.15, 0.2) is 9.98 Å². The van der Waals surface area contributed by atoms with E-state index in [1.807, 2.05) is 0 Å². The Morgan fingerprint density at radius 2 is 1.20 bits per heavy atom. The molecule has 2 aliphatic heterocycles. The predicted molar refractivity (Wildman–Crippen MR) is 62.6 cm³/mol. The van der Waals surface area contributed by atoms with Crippen LogP contribution < -0.4 is 0 Å². The molecule has 0 unspecified atom stereocenters. The number of rotatable bonds is 0. The molecule has 84 valence electrons. The number of hydrogen-bond donors (Lipinski definition) is 0. The third kappa shape index (κ3) is 3.65. The van der Waals surface area contributed by atoms with Crippen molar-refractivity contribution in [1.29, 1.82) is 0 Å². The topological polar surface area (TPSA) is 34.0 Å². The lowest BCUT2D eigenvalue weighted by molar-refractivity contribution is 0.501. The van der Waals surface area contributed by atoms with Crippen LogP contribution in [0.4, 0.5) is 0 Å². The van der Waals surface area contributed by atoms with Crippen LogP contribution in [0.25, 0.3) is 0 Å². The average molecular weight is 208 g/mol. The first-order chi connectivity index (χ1) is 7.45. The molecule has 0 spiro atoms. The maximum Gasteiger partial charge on any atom is 0.191 e. The summed E-state index contributed by atoms with van der Waals surface area (Å²) < 4.78 is 5.79. The first-order valence-corrected chi connectivity index (χ1v) is 6.20. The zero-order valence-corrected chi connectivity index (χ0v) is 9.37. The largest absolute Gasteiger partial charge is 0.429 e. The molecule has 0 aromatic heterocycles. The zero-order chi connectivity index (χ0) is 10.3. The van der Waals surface area contributed by atoms with Crippen LogP contribution in [-0.4, -0.2) is 24.9 Å². The molecule has 0 bridgehead atoms. The summed E-state index contributed by atoms with van der Waals surface area (Å²) in [4.78, 5) is 8.92. The maximum absolute atomic E-state index is 5.79. The number of aliphatic imine (C=N–C) groups is 2. The summed E-state index contributed by atoms with van der Waals surface area (Å²) in [5, 5.41) is 0. The smallest absolute Gasteiger partial charge is 0.191 e. The van der Waals surface area contributed by atoms with Crippen molar-refractivity contribution < 1.29 is 4.74 Å². The Hall–Kier alpha value is -0.860. The Labute approximate surface area is 91.6 Å². The summed E-state index contributed by atoms with van der Waals surface area (Å²) in [6.07, 6.45) is 9.40. The Morgan fingerprint density at radius 3 is 1.73 bits per heavy atom. The summed E-state index contributed by atoms with van der Waals surface area (Å²) in [6, 6.07) is 0. The van der Waals surface area contributed by atoms with Crippen molar-refractivity contribution in [2.24, 2.45) is 9.98 Å². The molecule has 0 atom stereocenters. The SMILES string of the molecule is C1CCN=C(OC2=NCCCCC2)CC1. The molecule has 0 amide bonds.